The lowest BCUT2D eigenvalue weighted by Crippen LogP contribution is -2.13. The molecule has 1 aliphatic carbocycles. The van der Waals surface area contributed by atoms with Crippen molar-refractivity contribution in [1.82, 2.24) is 0 Å². The van der Waals surface area contributed by atoms with Crippen LogP contribution in [-0.2, 0) is 9.84 Å². The first-order valence-electron chi connectivity index (χ1n) is 6.80. The summed E-state index contributed by atoms with van der Waals surface area (Å²) in [5.74, 6) is -0.118. The van der Waals surface area contributed by atoms with Crippen LogP contribution in [0.1, 0.15) is 11.5 Å². The lowest BCUT2D eigenvalue weighted by Gasteiger charge is -2.04. The van der Waals surface area contributed by atoms with Gasteiger partial charge in [-0.2, -0.15) is 0 Å². The first-order valence-corrected chi connectivity index (χ1v) is 8.72. The molecule has 2 aromatic rings. The standard InChI is InChI=1S/C16H16ClNO2S/c17-12-6-4-5-11(9-12)15-14(10-18)16(15)21(19,20)13-7-2-1-3-8-13/h1-9,14-16H,10,18H2/t14-,15+,16+/m0/s1. The summed E-state index contributed by atoms with van der Waals surface area (Å²) < 4.78 is 25.5. The summed E-state index contributed by atoms with van der Waals surface area (Å²) in [6.45, 7) is 0.355. The van der Waals surface area contributed by atoms with E-state index in [9.17, 15) is 8.42 Å². The SMILES string of the molecule is NC[C@H]1[C@@H](c2cccc(Cl)c2)[C@@H]1S(=O)(=O)c1ccccc1. The van der Waals surface area contributed by atoms with E-state index < -0.39 is 15.1 Å². The zero-order valence-corrected chi connectivity index (χ0v) is 12.9. The minimum Gasteiger partial charge on any atom is -0.330 e. The average Bonchev–Trinajstić information content (AvgIpc) is 3.23. The van der Waals surface area contributed by atoms with Crippen molar-refractivity contribution in [3.8, 4) is 0 Å². The van der Waals surface area contributed by atoms with Crippen LogP contribution in [0, 0.1) is 5.92 Å². The molecular weight excluding hydrogens is 306 g/mol. The molecule has 1 fully saturated rings. The Morgan fingerprint density at radius 2 is 1.76 bits per heavy atom. The first-order chi connectivity index (χ1) is 10.1. The third kappa shape index (κ3) is 2.59. The predicted molar refractivity (Wildman–Crippen MR) is 84.2 cm³/mol. The fourth-order valence-corrected chi connectivity index (χ4v) is 5.41. The van der Waals surface area contributed by atoms with Gasteiger partial charge in [-0.05, 0) is 42.3 Å². The smallest absolute Gasteiger partial charge is 0.182 e. The van der Waals surface area contributed by atoms with Crippen molar-refractivity contribution in [3.05, 3.63) is 65.2 Å². The van der Waals surface area contributed by atoms with E-state index in [0.717, 1.165) is 5.56 Å². The van der Waals surface area contributed by atoms with Gasteiger partial charge in [0.2, 0.25) is 0 Å². The van der Waals surface area contributed by atoms with E-state index in [0.29, 0.717) is 16.5 Å². The highest BCUT2D eigenvalue weighted by Gasteiger charge is 2.57. The summed E-state index contributed by atoms with van der Waals surface area (Å²) in [5, 5.41) is 0.161. The summed E-state index contributed by atoms with van der Waals surface area (Å²) in [4.78, 5) is 0.359. The summed E-state index contributed by atoms with van der Waals surface area (Å²) in [7, 11) is -3.36. The van der Waals surface area contributed by atoms with Gasteiger partial charge >= 0.3 is 0 Å². The molecule has 0 saturated heterocycles. The lowest BCUT2D eigenvalue weighted by molar-refractivity contribution is 0.591. The van der Waals surface area contributed by atoms with Crippen molar-refractivity contribution >= 4 is 21.4 Å². The number of sulfone groups is 1. The van der Waals surface area contributed by atoms with Crippen LogP contribution in [0.15, 0.2) is 59.5 Å². The first kappa shape index (κ1) is 14.6. The van der Waals surface area contributed by atoms with Gasteiger partial charge in [-0.15, -0.1) is 0 Å². The van der Waals surface area contributed by atoms with Crippen LogP contribution >= 0.6 is 11.6 Å². The second-order valence-corrected chi connectivity index (χ2v) is 7.85. The summed E-state index contributed by atoms with van der Waals surface area (Å²) in [5.41, 5.74) is 6.71. The Morgan fingerprint density at radius 3 is 2.38 bits per heavy atom. The topological polar surface area (TPSA) is 60.2 Å². The molecule has 1 aliphatic rings. The van der Waals surface area contributed by atoms with E-state index >= 15 is 0 Å². The predicted octanol–water partition coefficient (Wildman–Crippen LogP) is 2.85. The molecule has 5 heteroatoms. The van der Waals surface area contributed by atoms with Crippen molar-refractivity contribution in [2.45, 2.75) is 16.1 Å². The second-order valence-electron chi connectivity index (χ2n) is 5.30. The fourth-order valence-electron chi connectivity index (χ4n) is 2.96. The number of nitrogens with two attached hydrogens (primary N) is 1. The molecule has 0 amide bonds. The van der Waals surface area contributed by atoms with Crippen molar-refractivity contribution in [2.75, 3.05) is 6.54 Å². The monoisotopic (exact) mass is 321 g/mol. The Balaban J connectivity index is 1.96. The maximum Gasteiger partial charge on any atom is 0.182 e. The number of halogens is 1. The van der Waals surface area contributed by atoms with Gasteiger partial charge in [0.15, 0.2) is 9.84 Å². The minimum atomic E-state index is -3.36. The number of rotatable bonds is 4. The van der Waals surface area contributed by atoms with Gasteiger partial charge in [0, 0.05) is 10.9 Å². The van der Waals surface area contributed by atoms with Crippen molar-refractivity contribution in [1.29, 1.82) is 0 Å². The molecule has 0 heterocycles. The van der Waals surface area contributed by atoms with Gasteiger partial charge in [0.25, 0.3) is 0 Å². The van der Waals surface area contributed by atoms with Crippen LogP contribution in [0.4, 0.5) is 0 Å². The molecule has 1 saturated carbocycles. The molecular formula is C16H16ClNO2S. The minimum absolute atomic E-state index is 0.0475. The van der Waals surface area contributed by atoms with Crippen LogP contribution in [-0.4, -0.2) is 20.2 Å². The van der Waals surface area contributed by atoms with E-state index in [4.69, 9.17) is 17.3 Å². The highest BCUT2D eigenvalue weighted by molar-refractivity contribution is 7.92. The molecule has 0 spiro atoms. The zero-order valence-electron chi connectivity index (χ0n) is 11.3. The van der Waals surface area contributed by atoms with E-state index in [-0.39, 0.29) is 11.8 Å². The van der Waals surface area contributed by atoms with Gasteiger partial charge in [-0.1, -0.05) is 41.9 Å². The molecule has 3 nitrogen and oxygen atoms in total. The van der Waals surface area contributed by atoms with Crippen LogP contribution < -0.4 is 5.73 Å². The van der Waals surface area contributed by atoms with Gasteiger partial charge in [0.05, 0.1) is 10.1 Å². The molecule has 110 valence electrons. The Bertz CT molecular complexity index is 746. The van der Waals surface area contributed by atoms with Crippen molar-refractivity contribution < 1.29 is 8.42 Å². The molecule has 3 atom stereocenters. The van der Waals surface area contributed by atoms with Crippen LogP contribution in [0.3, 0.4) is 0 Å². The van der Waals surface area contributed by atoms with Crippen molar-refractivity contribution in [3.63, 3.8) is 0 Å². The highest BCUT2D eigenvalue weighted by atomic mass is 35.5. The van der Waals surface area contributed by atoms with E-state index in [1.807, 2.05) is 18.2 Å². The molecule has 0 radical (unpaired) electrons. The Hall–Kier alpha value is -1.36. The lowest BCUT2D eigenvalue weighted by atomic mass is 10.1. The molecule has 0 bridgehead atoms. The van der Waals surface area contributed by atoms with E-state index in [1.54, 1.807) is 36.4 Å². The molecule has 2 aromatic carbocycles. The van der Waals surface area contributed by atoms with Gasteiger partial charge in [0.1, 0.15) is 0 Å². The third-order valence-corrected chi connectivity index (χ3v) is 6.56. The highest BCUT2D eigenvalue weighted by Crippen LogP contribution is 2.53. The number of hydrogen-bond donors (Lipinski definition) is 1. The van der Waals surface area contributed by atoms with Crippen LogP contribution in [0.5, 0.6) is 0 Å². The quantitative estimate of drug-likeness (QED) is 0.942. The molecule has 2 N–H and O–H groups in total. The van der Waals surface area contributed by atoms with Gasteiger partial charge in [-0.3, -0.25) is 0 Å². The Kier molecular flexibility index (Phi) is 3.78. The Labute approximate surface area is 129 Å². The maximum atomic E-state index is 12.7. The molecule has 21 heavy (non-hydrogen) atoms. The number of hydrogen-bond acceptors (Lipinski definition) is 3. The summed E-state index contributed by atoms with van der Waals surface area (Å²) in [6.07, 6.45) is 0. The fraction of sp³-hybridized carbons (Fsp3) is 0.250. The van der Waals surface area contributed by atoms with Crippen LogP contribution in [0.2, 0.25) is 5.02 Å². The van der Waals surface area contributed by atoms with E-state index in [1.165, 1.54) is 0 Å². The van der Waals surface area contributed by atoms with Crippen LogP contribution in [0.25, 0.3) is 0 Å². The summed E-state index contributed by atoms with van der Waals surface area (Å²) in [6, 6.07) is 15.9. The number of benzene rings is 2. The average molecular weight is 322 g/mol. The van der Waals surface area contributed by atoms with Crippen molar-refractivity contribution in [2.24, 2.45) is 11.7 Å². The molecule has 0 aliphatic heterocycles. The Morgan fingerprint density at radius 1 is 1.05 bits per heavy atom. The van der Waals surface area contributed by atoms with Gasteiger partial charge < -0.3 is 5.73 Å². The van der Waals surface area contributed by atoms with Gasteiger partial charge in [-0.25, -0.2) is 8.42 Å². The zero-order chi connectivity index (χ0) is 15.0. The van der Waals surface area contributed by atoms with E-state index in [2.05, 4.69) is 0 Å². The maximum absolute atomic E-state index is 12.7. The second kappa shape index (κ2) is 5.44. The molecule has 0 unspecified atom stereocenters. The molecule has 0 aromatic heterocycles. The normalized spacial score (nSPS) is 24.8. The third-order valence-electron chi connectivity index (χ3n) is 4.03. The summed E-state index contributed by atoms with van der Waals surface area (Å²) >= 11 is 6.01. The molecule has 3 rings (SSSR count). The largest absolute Gasteiger partial charge is 0.330 e.